The van der Waals surface area contributed by atoms with Gasteiger partial charge in [0.1, 0.15) is 11.5 Å². The number of ether oxygens (including phenoxy) is 1. The summed E-state index contributed by atoms with van der Waals surface area (Å²) in [6, 6.07) is 18.3. The standard InChI is InChI=1S/C20H16N4O3S/c1-26-17-9-5-2-6-14(17)19(25)24-21-12-13-10-11-18(27-13)28-20-22-15-7-3-4-8-16(15)23-20/h2-12H,1H3,(H,22,23)(H,24,25)/b21-12-. The van der Waals surface area contributed by atoms with Gasteiger partial charge in [-0.1, -0.05) is 24.3 Å². The minimum absolute atomic E-state index is 0.364. The van der Waals surface area contributed by atoms with Crippen molar-refractivity contribution in [3.63, 3.8) is 0 Å². The van der Waals surface area contributed by atoms with E-state index in [1.54, 1.807) is 30.3 Å². The van der Waals surface area contributed by atoms with E-state index in [9.17, 15) is 4.79 Å². The number of amides is 1. The predicted molar refractivity (Wildman–Crippen MR) is 107 cm³/mol. The predicted octanol–water partition coefficient (Wildman–Crippen LogP) is 4.08. The third-order valence-electron chi connectivity index (χ3n) is 3.88. The van der Waals surface area contributed by atoms with Crippen LogP contribution in [0.3, 0.4) is 0 Å². The van der Waals surface area contributed by atoms with Gasteiger partial charge in [-0.25, -0.2) is 10.4 Å². The molecule has 4 rings (SSSR count). The molecule has 2 aromatic heterocycles. The highest BCUT2D eigenvalue weighted by Gasteiger charge is 2.10. The smallest absolute Gasteiger partial charge is 0.275 e. The van der Waals surface area contributed by atoms with Crippen molar-refractivity contribution in [1.29, 1.82) is 0 Å². The van der Waals surface area contributed by atoms with Crippen molar-refractivity contribution in [2.75, 3.05) is 7.11 Å². The molecule has 2 aromatic carbocycles. The van der Waals surface area contributed by atoms with Gasteiger partial charge in [0, 0.05) is 0 Å². The summed E-state index contributed by atoms with van der Waals surface area (Å²) in [6.07, 6.45) is 1.44. The molecule has 0 spiro atoms. The van der Waals surface area contributed by atoms with Gasteiger partial charge in [-0.15, -0.1) is 0 Å². The number of nitrogens with zero attached hydrogens (tertiary/aromatic N) is 2. The molecule has 4 aromatic rings. The van der Waals surface area contributed by atoms with E-state index in [0.717, 1.165) is 16.2 Å². The molecular weight excluding hydrogens is 376 g/mol. The van der Waals surface area contributed by atoms with Gasteiger partial charge in [0.25, 0.3) is 5.91 Å². The molecule has 7 nitrogen and oxygen atoms in total. The molecule has 28 heavy (non-hydrogen) atoms. The highest BCUT2D eigenvalue weighted by Crippen LogP contribution is 2.28. The van der Waals surface area contributed by atoms with Crippen molar-refractivity contribution in [3.8, 4) is 5.75 Å². The fraction of sp³-hybridized carbons (Fsp3) is 0.0500. The van der Waals surface area contributed by atoms with E-state index in [4.69, 9.17) is 9.15 Å². The third-order valence-corrected chi connectivity index (χ3v) is 4.68. The third kappa shape index (κ3) is 3.91. The molecule has 0 aliphatic rings. The van der Waals surface area contributed by atoms with Gasteiger partial charge in [0.05, 0.1) is 29.9 Å². The van der Waals surface area contributed by atoms with Crippen LogP contribution >= 0.6 is 11.8 Å². The number of nitrogens with one attached hydrogen (secondary N) is 2. The summed E-state index contributed by atoms with van der Waals surface area (Å²) >= 11 is 1.38. The molecule has 140 valence electrons. The number of aromatic nitrogens is 2. The lowest BCUT2D eigenvalue weighted by Gasteiger charge is -2.05. The fourth-order valence-corrected chi connectivity index (χ4v) is 3.35. The van der Waals surface area contributed by atoms with Crippen LogP contribution in [-0.4, -0.2) is 29.2 Å². The number of para-hydroxylation sites is 3. The maximum Gasteiger partial charge on any atom is 0.275 e. The quantitative estimate of drug-likeness (QED) is 0.381. The SMILES string of the molecule is COc1ccccc1C(=O)N/N=C\c1ccc(Sc2nc3ccccc3[nH]2)o1. The average Bonchev–Trinajstić information content (AvgIpc) is 3.34. The molecule has 0 radical (unpaired) electrons. The van der Waals surface area contributed by atoms with Crippen molar-refractivity contribution < 1.29 is 13.9 Å². The number of methoxy groups -OCH3 is 1. The van der Waals surface area contributed by atoms with E-state index in [0.29, 0.717) is 22.2 Å². The fourth-order valence-electron chi connectivity index (χ4n) is 2.58. The molecular formula is C20H16N4O3S. The Bertz CT molecular complexity index is 1120. The number of carbonyl (C=O) groups is 1. The molecule has 0 fully saturated rings. The molecule has 0 saturated carbocycles. The number of hydrogen-bond donors (Lipinski definition) is 2. The summed E-state index contributed by atoms with van der Waals surface area (Å²) in [6.45, 7) is 0. The van der Waals surface area contributed by atoms with Crippen LogP contribution in [0.1, 0.15) is 16.1 Å². The van der Waals surface area contributed by atoms with E-state index in [1.165, 1.54) is 25.1 Å². The summed E-state index contributed by atoms with van der Waals surface area (Å²) in [5.74, 6) is 0.633. The summed E-state index contributed by atoms with van der Waals surface area (Å²) in [5, 5.41) is 5.34. The van der Waals surface area contributed by atoms with Crippen LogP contribution < -0.4 is 10.2 Å². The maximum atomic E-state index is 12.2. The monoisotopic (exact) mass is 392 g/mol. The van der Waals surface area contributed by atoms with Crippen molar-refractivity contribution in [2.45, 2.75) is 10.2 Å². The van der Waals surface area contributed by atoms with Crippen LogP contribution in [0.5, 0.6) is 5.75 Å². The van der Waals surface area contributed by atoms with Gasteiger partial charge < -0.3 is 14.1 Å². The molecule has 1 amide bonds. The summed E-state index contributed by atoms with van der Waals surface area (Å²) in [5.41, 5.74) is 4.74. The normalized spacial score (nSPS) is 11.2. The zero-order valence-corrected chi connectivity index (χ0v) is 15.7. The number of carbonyl (C=O) groups excluding carboxylic acids is 1. The van der Waals surface area contributed by atoms with Gasteiger partial charge in [0.2, 0.25) is 0 Å². The number of imidazole rings is 1. The lowest BCUT2D eigenvalue weighted by Crippen LogP contribution is -2.18. The van der Waals surface area contributed by atoms with E-state index in [1.807, 2.05) is 30.3 Å². The van der Waals surface area contributed by atoms with E-state index in [2.05, 4.69) is 20.5 Å². The number of rotatable bonds is 6. The van der Waals surface area contributed by atoms with Crippen LogP contribution in [0, 0.1) is 0 Å². The van der Waals surface area contributed by atoms with Crippen molar-refractivity contribution >= 4 is 34.9 Å². The number of hydrazone groups is 1. The lowest BCUT2D eigenvalue weighted by atomic mass is 10.2. The zero-order valence-electron chi connectivity index (χ0n) is 14.9. The van der Waals surface area contributed by atoms with Gasteiger partial charge in [-0.3, -0.25) is 4.79 Å². The first-order chi connectivity index (χ1) is 13.7. The summed E-state index contributed by atoms with van der Waals surface area (Å²) in [7, 11) is 1.51. The van der Waals surface area contributed by atoms with Gasteiger partial charge in [-0.05, 0) is 48.2 Å². The number of furan rings is 1. The molecule has 2 N–H and O–H groups in total. The Morgan fingerprint density at radius 1 is 1.18 bits per heavy atom. The van der Waals surface area contributed by atoms with Crippen molar-refractivity contribution in [1.82, 2.24) is 15.4 Å². The second-order valence-corrected chi connectivity index (χ2v) is 6.71. The largest absolute Gasteiger partial charge is 0.496 e. The minimum atomic E-state index is -0.364. The summed E-state index contributed by atoms with van der Waals surface area (Å²) < 4.78 is 10.9. The first-order valence-electron chi connectivity index (χ1n) is 8.42. The number of H-pyrrole nitrogens is 1. The number of benzene rings is 2. The molecule has 2 heterocycles. The van der Waals surface area contributed by atoms with E-state index >= 15 is 0 Å². The molecule has 0 atom stereocenters. The first-order valence-corrected chi connectivity index (χ1v) is 9.23. The Labute approximate surface area is 164 Å². The molecule has 0 aliphatic carbocycles. The lowest BCUT2D eigenvalue weighted by molar-refractivity contribution is 0.0952. The molecule has 8 heteroatoms. The van der Waals surface area contributed by atoms with Crippen LogP contribution in [0.4, 0.5) is 0 Å². The number of aromatic amines is 1. The molecule has 0 unspecified atom stereocenters. The Hall–Kier alpha value is -3.52. The molecule has 0 bridgehead atoms. The first kappa shape index (κ1) is 17.9. The Kier molecular flexibility index (Phi) is 5.11. The molecule has 0 aliphatic heterocycles. The van der Waals surface area contributed by atoms with Gasteiger partial charge in [-0.2, -0.15) is 5.10 Å². The van der Waals surface area contributed by atoms with Gasteiger partial charge >= 0.3 is 0 Å². The Morgan fingerprint density at radius 2 is 2.00 bits per heavy atom. The minimum Gasteiger partial charge on any atom is -0.496 e. The summed E-state index contributed by atoms with van der Waals surface area (Å²) in [4.78, 5) is 19.9. The van der Waals surface area contributed by atoms with Crippen LogP contribution in [0.2, 0.25) is 0 Å². The number of fused-ring (bicyclic) bond motifs is 1. The second-order valence-electron chi connectivity index (χ2n) is 5.72. The van der Waals surface area contributed by atoms with Crippen LogP contribution in [0.15, 0.2) is 80.4 Å². The highest BCUT2D eigenvalue weighted by atomic mass is 32.2. The Balaban J connectivity index is 1.39. The topological polar surface area (TPSA) is 92.5 Å². The van der Waals surface area contributed by atoms with Crippen LogP contribution in [0.25, 0.3) is 11.0 Å². The van der Waals surface area contributed by atoms with Crippen molar-refractivity contribution in [2.24, 2.45) is 5.10 Å². The van der Waals surface area contributed by atoms with E-state index < -0.39 is 0 Å². The van der Waals surface area contributed by atoms with Crippen LogP contribution in [-0.2, 0) is 0 Å². The average molecular weight is 392 g/mol. The Morgan fingerprint density at radius 3 is 2.86 bits per heavy atom. The van der Waals surface area contributed by atoms with E-state index in [-0.39, 0.29) is 5.91 Å². The second kappa shape index (κ2) is 8.01. The van der Waals surface area contributed by atoms with Gasteiger partial charge in [0.15, 0.2) is 10.2 Å². The zero-order chi connectivity index (χ0) is 19.3. The maximum absolute atomic E-state index is 12.2. The van der Waals surface area contributed by atoms with Crippen molar-refractivity contribution in [3.05, 3.63) is 72.0 Å². The highest BCUT2D eigenvalue weighted by molar-refractivity contribution is 7.99. The molecule has 0 saturated heterocycles. The number of hydrogen-bond acceptors (Lipinski definition) is 6.